The fraction of sp³-hybridized carbons (Fsp3) is 0.143. The molecule has 5 heteroatoms. The van der Waals surface area contributed by atoms with Crippen molar-refractivity contribution in [3.05, 3.63) is 52.7 Å². The number of halogens is 1. The first-order valence-electron chi connectivity index (χ1n) is 5.71. The molecule has 1 aromatic carbocycles. The van der Waals surface area contributed by atoms with E-state index in [9.17, 15) is 0 Å². The molecule has 0 amide bonds. The van der Waals surface area contributed by atoms with Gasteiger partial charge in [0.2, 0.25) is 0 Å². The van der Waals surface area contributed by atoms with Crippen LogP contribution in [0.3, 0.4) is 0 Å². The summed E-state index contributed by atoms with van der Waals surface area (Å²) >= 11 is 5.85. The first-order chi connectivity index (χ1) is 9.10. The molecule has 4 nitrogen and oxygen atoms in total. The summed E-state index contributed by atoms with van der Waals surface area (Å²) in [6, 6.07) is 11.3. The molecule has 2 N–H and O–H groups in total. The van der Waals surface area contributed by atoms with Crippen molar-refractivity contribution in [2.45, 2.75) is 6.54 Å². The van der Waals surface area contributed by atoms with Gasteiger partial charge in [-0.1, -0.05) is 23.7 Å². The molecule has 0 aliphatic rings. The lowest BCUT2D eigenvalue weighted by Gasteiger charge is -2.19. The lowest BCUT2D eigenvalue weighted by Crippen LogP contribution is -2.19. The maximum Gasteiger partial charge on any atom is 0.146 e. The second-order valence-corrected chi connectivity index (χ2v) is 4.67. The molecular formula is C14H13ClN4. The van der Waals surface area contributed by atoms with E-state index >= 15 is 0 Å². The molecule has 0 unspecified atom stereocenters. The lowest BCUT2D eigenvalue weighted by atomic mass is 10.2. The van der Waals surface area contributed by atoms with Crippen molar-refractivity contribution in [2.24, 2.45) is 0 Å². The Morgan fingerprint density at radius 1 is 1.37 bits per heavy atom. The van der Waals surface area contributed by atoms with Gasteiger partial charge in [0, 0.05) is 18.6 Å². The number of benzene rings is 1. The van der Waals surface area contributed by atoms with Crippen molar-refractivity contribution in [3.8, 4) is 6.07 Å². The molecule has 0 spiro atoms. The zero-order valence-corrected chi connectivity index (χ0v) is 11.2. The smallest absolute Gasteiger partial charge is 0.146 e. The number of hydrogen-bond acceptors (Lipinski definition) is 4. The fourth-order valence-electron chi connectivity index (χ4n) is 1.80. The molecule has 0 aliphatic heterocycles. The van der Waals surface area contributed by atoms with E-state index in [4.69, 9.17) is 22.6 Å². The number of anilines is 2. The van der Waals surface area contributed by atoms with E-state index in [1.54, 1.807) is 12.3 Å². The van der Waals surface area contributed by atoms with Crippen LogP contribution in [0, 0.1) is 11.3 Å². The van der Waals surface area contributed by atoms with Crippen molar-refractivity contribution in [2.75, 3.05) is 17.7 Å². The third-order valence-corrected chi connectivity index (χ3v) is 2.95. The number of aromatic nitrogens is 1. The zero-order chi connectivity index (χ0) is 13.8. The average molecular weight is 273 g/mol. The van der Waals surface area contributed by atoms with Gasteiger partial charge in [-0.15, -0.1) is 0 Å². The summed E-state index contributed by atoms with van der Waals surface area (Å²) in [5.41, 5.74) is 7.67. The van der Waals surface area contributed by atoms with Gasteiger partial charge in [-0.25, -0.2) is 4.98 Å². The van der Waals surface area contributed by atoms with Crippen LogP contribution in [-0.2, 0) is 6.54 Å². The summed E-state index contributed by atoms with van der Waals surface area (Å²) in [5.74, 6) is 0.617. The van der Waals surface area contributed by atoms with Crippen LogP contribution in [0.25, 0.3) is 0 Å². The van der Waals surface area contributed by atoms with Gasteiger partial charge in [0.15, 0.2) is 0 Å². The Bertz CT molecular complexity index is 616. The summed E-state index contributed by atoms with van der Waals surface area (Å²) in [4.78, 5) is 6.12. The summed E-state index contributed by atoms with van der Waals surface area (Å²) in [6.45, 7) is 0.642. The minimum Gasteiger partial charge on any atom is -0.397 e. The van der Waals surface area contributed by atoms with E-state index in [1.165, 1.54) is 0 Å². The van der Waals surface area contributed by atoms with E-state index in [0.29, 0.717) is 28.6 Å². The predicted molar refractivity (Wildman–Crippen MR) is 76.9 cm³/mol. The Morgan fingerprint density at radius 3 is 2.68 bits per heavy atom. The van der Waals surface area contributed by atoms with Crippen LogP contribution in [0.5, 0.6) is 0 Å². The van der Waals surface area contributed by atoms with Crippen molar-refractivity contribution in [1.82, 2.24) is 4.98 Å². The van der Waals surface area contributed by atoms with Crippen LogP contribution in [0.1, 0.15) is 11.1 Å². The molecule has 0 saturated carbocycles. The van der Waals surface area contributed by atoms with Gasteiger partial charge in [0.1, 0.15) is 11.9 Å². The van der Waals surface area contributed by atoms with Crippen molar-refractivity contribution >= 4 is 23.1 Å². The number of nitrogens with two attached hydrogens (primary N) is 1. The summed E-state index contributed by atoms with van der Waals surface area (Å²) < 4.78 is 0. The number of hydrogen-bond donors (Lipinski definition) is 1. The largest absolute Gasteiger partial charge is 0.397 e. The molecule has 96 valence electrons. The van der Waals surface area contributed by atoms with E-state index in [0.717, 1.165) is 5.56 Å². The number of nitrogens with zero attached hydrogens (tertiary/aromatic N) is 3. The minimum atomic E-state index is 0.469. The molecule has 0 atom stereocenters. The first kappa shape index (κ1) is 13.2. The molecule has 1 aromatic heterocycles. The topological polar surface area (TPSA) is 65.9 Å². The molecule has 0 saturated heterocycles. The SMILES string of the molecule is CN(Cc1ccc(Cl)cc1)c1ncc(N)cc1C#N. The average Bonchev–Trinajstić information content (AvgIpc) is 2.41. The molecule has 0 bridgehead atoms. The van der Waals surface area contributed by atoms with Gasteiger partial charge in [-0.05, 0) is 23.8 Å². The Morgan fingerprint density at radius 2 is 2.05 bits per heavy atom. The van der Waals surface area contributed by atoms with E-state index in [2.05, 4.69) is 11.1 Å². The standard InChI is InChI=1S/C14H13ClN4/c1-19(9-10-2-4-12(15)5-3-10)14-11(7-16)6-13(17)8-18-14/h2-6,8H,9,17H2,1H3. The van der Waals surface area contributed by atoms with E-state index in [-0.39, 0.29) is 0 Å². The van der Waals surface area contributed by atoms with Gasteiger partial charge >= 0.3 is 0 Å². The molecule has 0 fully saturated rings. The zero-order valence-electron chi connectivity index (χ0n) is 10.5. The van der Waals surface area contributed by atoms with Crippen LogP contribution >= 0.6 is 11.6 Å². The number of pyridine rings is 1. The van der Waals surface area contributed by atoms with Crippen molar-refractivity contribution in [3.63, 3.8) is 0 Å². The third-order valence-electron chi connectivity index (χ3n) is 2.70. The van der Waals surface area contributed by atoms with Gasteiger partial charge < -0.3 is 10.6 Å². The predicted octanol–water partition coefficient (Wildman–Crippen LogP) is 2.83. The Labute approximate surface area is 117 Å². The van der Waals surface area contributed by atoms with Crippen LogP contribution in [0.15, 0.2) is 36.5 Å². The van der Waals surface area contributed by atoms with Crippen molar-refractivity contribution in [1.29, 1.82) is 5.26 Å². The van der Waals surface area contributed by atoms with Crippen LogP contribution in [0.2, 0.25) is 5.02 Å². The molecule has 0 radical (unpaired) electrons. The number of nitriles is 1. The third kappa shape index (κ3) is 3.15. The van der Waals surface area contributed by atoms with Gasteiger partial charge in [0.25, 0.3) is 0 Å². The van der Waals surface area contributed by atoms with Crippen LogP contribution in [0.4, 0.5) is 11.5 Å². The lowest BCUT2D eigenvalue weighted by molar-refractivity contribution is 0.895. The summed E-state index contributed by atoms with van der Waals surface area (Å²) in [7, 11) is 1.88. The van der Waals surface area contributed by atoms with Gasteiger partial charge in [-0.2, -0.15) is 5.26 Å². The monoisotopic (exact) mass is 272 g/mol. The summed E-state index contributed by atoms with van der Waals surface area (Å²) in [6.07, 6.45) is 1.55. The number of rotatable bonds is 3. The quantitative estimate of drug-likeness (QED) is 0.933. The highest BCUT2D eigenvalue weighted by molar-refractivity contribution is 6.30. The molecule has 1 heterocycles. The molecule has 2 aromatic rings. The van der Waals surface area contributed by atoms with E-state index in [1.807, 2.05) is 36.2 Å². The maximum absolute atomic E-state index is 9.10. The molecule has 2 rings (SSSR count). The first-order valence-corrected chi connectivity index (χ1v) is 6.09. The molecule has 19 heavy (non-hydrogen) atoms. The highest BCUT2D eigenvalue weighted by atomic mass is 35.5. The van der Waals surface area contributed by atoms with Gasteiger partial charge in [0.05, 0.1) is 17.4 Å². The Kier molecular flexibility index (Phi) is 3.88. The van der Waals surface area contributed by atoms with E-state index < -0.39 is 0 Å². The Balaban J connectivity index is 2.23. The Hall–Kier alpha value is -2.25. The second-order valence-electron chi connectivity index (χ2n) is 4.23. The molecule has 0 aliphatic carbocycles. The second kappa shape index (κ2) is 5.59. The maximum atomic E-state index is 9.10. The van der Waals surface area contributed by atoms with Crippen molar-refractivity contribution < 1.29 is 0 Å². The summed E-state index contributed by atoms with van der Waals surface area (Å²) in [5, 5.41) is 9.81. The normalized spacial score (nSPS) is 9.95. The fourth-order valence-corrected chi connectivity index (χ4v) is 1.92. The number of nitrogen functional groups attached to an aromatic ring is 1. The highest BCUT2D eigenvalue weighted by Crippen LogP contribution is 2.20. The van der Waals surface area contributed by atoms with Crippen LogP contribution < -0.4 is 10.6 Å². The van der Waals surface area contributed by atoms with Gasteiger partial charge in [-0.3, -0.25) is 0 Å². The highest BCUT2D eigenvalue weighted by Gasteiger charge is 2.10. The minimum absolute atomic E-state index is 0.469. The molecular weight excluding hydrogens is 260 g/mol. The van der Waals surface area contributed by atoms with Crippen LogP contribution in [-0.4, -0.2) is 12.0 Å².